The Morgan fingerprint density at radius 2 is 0.815 bits per heavy atom. The predicted octanol–water partition coefficient (Wildman–Crippen LogP) is 13.5. The molecule has 2 heterocycles. The summed E-state index contributed by atoms with van der Waals surface area (Å²) in [5.74, 6) is 0. The second kappa shape index (κ2) is 13.0. The molecule has 9 rings (SSSR count). The van der Waals surface area contributed by atoms with Crippen LogP contribution in [0.5, 0.6) is 0 Å². The van der Waals surface area contributed by atoms with Crippen molar-refractivity contribution in [1.82, 2.24) is 0 Å². The van der Waals surface area contributed by atoms with Crippen molar-refractivity contribution in [3.8, 4) is 22.3 Å². The van der Waals surface area contributed by atoms with Crippen LogP contribution in [0.3, 0.4) is 0 Å². The zero-order chi connectivity index (χ0) is 37.2. The first-order valence-corrected chi connectivity index (χ1v) is 18.1. The quantitative estimate of drug-likeness (QED) is 0.132. The molecule has 0 fully saturated rings. The van der Waals surface area contributed by atoms with E-state index in [1.807, 2.05) is 36.4 Å². The summed E-state index contributed by atoms with van der Waals surface area (Å²) < 4.78 is 82.0. The van der Waals surface area contributed by atoms with E-state index in [9.17, 15) is 26.3 Å². The summed E-state index contributed by atoms with van der Waals surface area (Å²) in [5, 5.41) is 4.07. The lowest BCUT2D eigenvalue weighted by Crippen LogP contribution is -2.25. The summed E-state index contributed by atoms with van der Waals surface area (Å²) in [6, 6.07) is 41.2. The van der Waals surface area contributed by atoms with Crippen LogP contribution in [0.1, 0.15) is 35.1 Å². The molecule has 0 saturated heterocycles. The van der Waals surface area contributed by atoms with Gasteiger partial charge in [-0.05, 0) is 141 Å². The van der Waals surface area contributed by atoms with Crippen LogP contribution in [0.2, 0.25) is 0 Å². The molecular formula is C46H34F6N2. The minimum absolute atomic E-state index is 0.578. The highest BCUT2D eigenvalue weighted by Gasteiger charge is 2.33. The smallest absolute Gasteiger partial charge is 0.341 e. The normalized spacial score (nSPS) is 14.7. The molecule has 7 aromatic rings. The van der Waals surface area contributed by atoms with Crippen LogP contribution in [0.15, 0.2) is 133 Å². The van der Waals surface area contributed by atoms with Crippen LogP contribution in [-0.4, -0.2) is 13.1 Å². The number of rotatable bonds is 4. The van der Waals surface area contributed by atoms with E-state index in [0.717, 1.165) is 79.4 Å². The fraction of sp³-hybridized carbons (Fsp3) is 0.174. The third-order valence-corrected chi connectivity index (χ3v) is 10.9. The van der Waals surface area contributed by atoms with E-state index in [2.05, 4.69) is 70.5 Å². The Bertz CT molecular complexity index is 2360. The van der Waals surface area contributed by atoms with Gasteiger partial charge < -0.3 is 9.80 Å². The summed E-state index contributed by atoms with van der Waals surface area (Å²) in [6.45, 7) is 1.35. The van der Waals surface area contributed by atoms with Crippen LogP contribution in [0.25, 0.3) is 43.8 Å². The van der Waals surface area contributed by atoms with E-state index in [-0.39, 0.29) is 0 Å². The van der Waals surface area contributed by atoms with Crippen molar-refractivity contribution >= 4 is 44.3 Å². The maximum absolute atomic E-state index is 13.7. The largest absolute Gasteiger partial charge is 0.416 e. The van der Waals surface area contributed by atoms with Crippen LogP contribution in [-0.2, 0) is 25.2 Å². The third-order valence-electron chi connectivity index (χ3n) is 10.9. The van der Waals surface area contributed by atoms with Crippen LogP contribution in [0, 0.1) is 0 Å². The summed E-state index contributed by atoms with van der Waals surface area (Å²) in [7, 11) is 0. The van der Waals surface area contributed by atoms with Crippen molar-refractivity contribution in [1.29, 1.82) is 0 Å². The molecule has 0 saturated carbocycles. The average molecular weight is 729 g/mol. The highest BCUT2D eigenvalue weighted by Crippen LogP contribution is 2.48. The number of fused-ring (bicyclic) bond motifs is 4. The van der Waals surface area contributed by atoms with E-state index in [1.54, 1.807) is 12.1 Å². The molecule has 7 aromatic carbocycles. The fourth-order valence-corrected chi connectivity index (χ4v) is 8.46. The molecule has 8 heteroatoms. The lowest BCUT2D eigenvalue weighted by atomic mass is 9.85. The lowest BCUT2D eigenvalue weighted by Gasteiger charge is -2.33. The maximum atomic E-state index is 13.7. The van der Waals surface area contributed by atoms with Gasteiger partial charge >= 0.3 is 12.4 Å². The molecule has 2 aliphatic rings. The van der Waals surface area contributed by atoms with Crippen molar-refractivity contribution in [3.05, 3.63) is 156 Å². The third kappa shape index (κ3) is 5.94. The van der Waals surface area contributed by atoms with Gasteiger partial charge in [-0.3, -0.25) is 0 Å². The Balaban J connectivity index is 1.27. The summed E-state index contributed by atoms with van der Waals surface area (Å²) >= 11 is 0. The summed E-state index contributed by atoms with van der Waals surface area (Å²) in [5.41, 5.74) is 7.59. The molecule has 0 bridgehead atoms. The standard InChI is InChI=1S/C46H34F6N2/c47-45(48,49)33-15-21-41-31(25-33)13-7-23-53(41)35-18-20-38-39(27-35)43(29-9-3-1-4-10-29)37-19-17-36(28-40(37)44(38)30-11-5-2-6-12-30)54-24-8-14-32-26-34(46(50,51)52)16-22-42(32)54/h1-6,9-12,15-22,25-28H,7-8,13-14,23-24H2. The van der Waals surface area contributed by atoms with Crippen molar-refractivity contribution in [2.24, 2.45) is 0 Å². The molecular weight excluding hydrogens is 695 g/mol. The molecule has 2 aliphatic heterocycles. The van der Waals surface area contributed by atoms with Gasteiger partial charge in [0.05, 0.1) is 11.1 Å². The zero-order valence-corrected chi connectivity index (χ0v) is 29.1. The summed E-state index contributed by atoms with van der Waals surface area (Å²) in [6.07, 6.45) is -6.21. The Kier molecular flexibility index (Phi) is 8.18. The first-order chi connectivity index (χ1) is 26.0. The number of alkyl halides is 6. The van der Waals surface area contributed by atoms with Crippen LogP contribution in [0.4, 0.5) is 49.1 Å². The Morgan fingerprint density at radius 3 is 1.20 bits per heavy atom. The second-order valence-corrected chi connectivity index (χ2v) is 14.1. The molecule has 0 atom stereocenters. The number of benzene rings is 7. The van der Waals surface area contributed by atoms with Crippen molar-refractivity contribution in [2.75, 3.05) is 22.9 Å². The van der Waals surface area contributed by atoms with Gasteiger partial charge in [-0.25, -0.2) is 0 Å². The number of nitrogens with zero attached hydrogens (tertiary/aromatic N) is 2. The van der Waals surface area contributed by atoms with Crippen LogP contribution < -0.4 is 9.80 Å². The van der Waals surface area contributed by atoms with E-state index in [4.69, 9.17) is 0 Å². The van der Waals surface area contributed by atoms with Gasteiger partial charge in [0.25, 0.3) is 0 Å². The van der Waals surface area contributed by atoms with Crippen molar-refractivity contribution in [3.63, 3.8) is 0 Å². The molecule has 0 unspecified atom stereocenters. The SMILES string of the molecule is FC(F)(F)c1ccc2c(c1)CCCN2c1ccc2c(-c3ccccc3)c3cc(N4CCCc5cc(C(F)(F)F)ccc54)ccc3c(-c3ccccc3)c2c1. The van der Waals surface area contributed by atoms with Gasteiger partial charge in [-0.2, -0.15) is 26.3 Å². The Morgan fingerprint density at radius 1 is 0.407 bits per heavy atom. The highest BCUT2D eigenvalue weighted by molar-refractivity contribution is 6.22. The van der Waals surface area contributed by atoms with Gasteiger partial charge in [0, 0.05) is 35.8 Å². The molecule has 0 spiro atoms. The second-order valence-electron chi connectivity index (χ2n) is 14.1. The number of halogens is 6. The van der Waals surface area contributed by atoms with E-state index in [0.29, 0.717) is 37.1 Å². The maximum Gasteiger partial charge on any atom is 0.416 e. The molecule has 0 amide bonds. The summed E-state index contributed by atoms with van der Waals surface area (Å²) in [4.78, 5) is 4.25. The van der Waals surface area contributed by atoms with E-state index in [1.165, 1.54) is 24.3 Å². The minimum atomic E-state index is -4.41. The zero-order valence-electron chi connectivity index (χ0n) is 29.1. The first-order valence-electron chi connectivity index (χ1n) is 18.1. The lowest BCUT2D eigenvalue weighted by molar-refractivity contribution is -0.138. The first kappa shape index (κ1) is 34.0. The van der Waals surface area contributed by atoms with Gasteiger partial charge in [0.1, 0.15) is 0 Å². The average Bonchev–Trinajstić information content (AvgIpc) is 3.18. The molecule has 2 nitrogen and oxygen atoms in total. The van der Waals surface area contributed by atoms with Gasteiger partial charge in [0.2, 0.25) is 0 Å². The predicted molar refractivity (Wildman–Crippen MR) is 206 cm³/mol. The molecule has 0 N–H and O–H groups in total. The van der Waals surface area contributed by atoms with Crippen LogP contribution >= 0.6 is 0 Å². The number of aryl methyl sites for hydroxylation is 2. The van der Waals surface area contributed by atoms with E-state index >= 15 is 0 Å². The van der Waals surface area contributed by atoms with Crippen molar-refractivity contribution < 1.29 is 26.3 Å². The van der Waals surface area contributed by atoms with Gasteiger partial charge in [0.15, 0.2) is 0 Å². The highest BCUT2D eigenvalue weighted by atomic mass is 19.4. The number of hydrogen-bond acceptors (Lipinski definition) is 2. The van der Waals surface area contributed by atoms with Gasteiger partial charge in [-0.15, -0.1) is 0 Å². The van der Waals surface area contributed by atoms with E-state index < -0.39 is 23.5 Å². The minimum Gasteiger partial charge on any atom is -0.341 e. The molecule has 0 aromatic heterocycles. The molecule has 0 radical (unpaired) electrons. The molecule has 54 heavy (non-hydrogen) atoms. The fourth-order valence-electron chi connectivity index (χ4n) is 8.46. The number of anilines is 4. The molecule has 0 aliphatic carbocycles. The topological polar surface area (TPSA) is 6.48 Å². The Hall–Kier alpha value is -5.76. The van der Waals surface area contributed by atoms with Gasteiger partial charge in [-0.1, -0.05) is 72.8 Å². The Labute approximate surface area is 308 Å². The number of hydrogen-bond donors (Lipinski definition) is 0. The monoisotopic (exact) mass is 728 g/mol. The molecule has 270 valence electrons. The van der Waals surface area contributed by atoms with Crippen molar-refractivity contribution in [2.45, 2.75) is 38.0 Å².